The molecule has 98 valence electrons. The zero-order valence-corrected chi connectivity index (χ0v) is 10.3. The van der Waals surface area contributed by atoms with Crippen LogP contribution >= 0.6 is 12.2 Å². The van der Waals surface area contributed by atoms with Crippen LogP contribution in [0.1, 0.15) is 24.1 Å². The number of anilines is 1. The summed E-state index contributed by atoms with van der Waals surface area (Å²) in [4.78, 5) is 5.54. The Labute approximate surface area is 108 Å². The molecule has 1 aromatic rings. The van der Waals surface area contributed by atoms with E-state index in [0.29, 0.717) is 18.7 Å². The molecule has 1 fully saturated rings. The van der Waals surface area contributed by atoms with Crippen molar-refractivity contribution >= 4 is 23.0 Å². The molecule has 2 N–H and O–H groups in total. The fourth-order valence-electron chi connectivity index (χ4n) is 1.97. The van der Waals surface area contributed by atoms with Crippen LogP contribution in [0, 0.1) is 0 Å². The van der Waals surface area contributed by atoms with E-state index >= 15 is 0 Å². The maximum absolute atomic E-state index is 12.6. The summed E-state index contributed by atoms with van der Waals surface area (Å²) < 4.78 is 37.9. The van der Waals surface area contributed by atoms with Crippen molar-refractivity contribution in [3.8, 4) is 0 Å². The van der Waals surface area contributed by atoms with Crippen molar-refractivity contribution in [3.05, 3.63) is 23.4 Å². The van der Waals surface area contributed by atoms with Gasteiger partial charge in [-0.25, -0.2) is 4.98 Å². The molecule has 18 heavy (non-hydrogen) atoms. The minimum absolute atomic E-state index is 0.0677. The number of aromatic nitrogens is 1. The third-order valence-electron chi connectivity index (χ3n) is 2.84. The molecule has 0 radical (unpaired) electrons. The molecule has 2 heterocycles. The molecule has 0 aliphatic carbocycles. The van der Waals surface area contributed by atoms with E-state index in [1.54, 1.807) is 4.90 Å². The van der Waals surface area contributed by atoms with Crippen LogP contribution in [-0.2, 0) is 6.18 Å². The van der Waals surface area contributed by atoms with Crippen LogP contribution < -0.4 is 10.6 Å². The maximum atomic E-state index is 12.6. The summed E-state index contributed by atoms with van der Waals surface area (Å²) >= 11 is 4.85. The van der Waals surface area contributed by atoms with Gasteiger partial charge < -0.3 is 10.6 Å². The van der Waals surface area contributed by atoms with Crippen molar-refractivity contribution in [3.63, 3.8) is 0 Å². The topological polar surface area (TPSA) is 42.1 Å². The molecule has 1 saturated heterocycles. The van der Waals surface area contributed by atoms with Gasteiger partial charge in [0.2, 0.25) is 0 Å². The molecule has 0 amide bonds. The standard InChI is InChI=1S/C11H12F3N3S/c12-11(13,14)8-4-3-7(9(15)18)10(16-8)17-5-1-2-6-17/h3-4H,1-2,5-6H2,(H2,15,18). The van der Waals surface area contributed by atoms with Gasteiger partial charge in [-0.3, -0.25) is 0 Å². The third kappa shape index (κ3) is 2.55. The molecule has 0 atom stereocenters. The van der Waals surface area contributed by atoms with Gasteiger partial charge in [0.25, 0.3) is 0 Å². The zero-order valence-electron chi connectivity index (χ0n) is 9.50. The van der Waals surface area contributed by atoms with Crippen LogP contribution in [0.2, 0.25) is 0 Å². The van der Waals surface area contributed by atoms with Crippen LogP contribution in [0.3, 0.4) is 0 Å². The summed E-state index contributed by atoms with van der Waals surface area (Å²) in [6.07, 6.45) is -2.58. The van der Waals surface area contributed by atoms with Crippen LogP contribution in [0.25, 0.3) is 0 Å². The van der Waals surface area contributed by atoms with Crippen molar-refractivity contribution in [2.24, 2.45) is 5.73 Å². The van der Waals surface area contributed by atoms with Crippen molar-refractivity contribution < 1.29 is 13.2 Å². The lowest BCUT2D eigenvalue weighted by Gasteiger charge is -2.21. The highest BCUT2D eigenvalue weighted by Crippen LogP contribution is 2.31. The number of rotatable bonds is 2. The van der Waals surface area contributed by atoms with Gasteiger partial charge in [0.1, 0.15) is 16.5 Å². The van der Waals surface area contributed by atoms with Gasteiger partial charge in [0, 0.05) is 13.1 Å². The SMILES string of the molecule is NC(=S)c1ccc(C(F)(F)F)nc1N1CCCC1. The molecule has 7 heteroatoms. The predicted octanol–water partition coefficient (Wildman–Crippen LogP) is 2.33. The first-order chi connectivity index (χ1) is 8.39. The highest BCUT2D eigenvalue weighted by molar-refractivity contribution is 7.80. The fraction of sp³-hybridized carbons (Fsp3) is 0.455. The number of pyridine rings is 1. The molecule has 1 aliphatic rings. The number of halogens is 3. The molecule has 1 aromatic heterocycles. The molecule has 0 spiro atoms. The van der Waals surface area contributed by atoms with E-state index in [4.69, 9.17) is 18.0 Å². The summed E-state index contributed by atoms with van der Waals surface area (Å²) in [5, 5.41) is 0. The van der Waals surface area contributed by atoms with Gasteiger partial charge in [-0.2, -0.15) is 13.2 Å². The number of hydrogen-bond acceptors (Lipinski definition) is 3. The van der Waals surface area contributed by atoms with Crippen LogP contribution in [0.15, 0.2) is 12.1 Å². The minimum atomic E-state index is -4.46. The fourth-order valence-corrected chi connectivity index (χ4v) is 2.13. The number of nitrogens with two attached hydrogens (primary N) is 1. The number of alkyl halides is 3. The van der Waals surface area contributed by atoms with E-state index in [0.717, 1.165) is 18.9 Å². The number of nitrogens with zero attached hydrogens (tertiary/aromatic N) is 2. The lowest BCUT2D eigenvalue weighted by molar-refractivity contribution is -0.141. The van der Waals surface area contributed by atoms with E-state index < -0.39 is 11.9 Å². The Morgan fingerprint density at radius 2 is 1.89 bits per heavy atom. The van der Waals surface area contributed by atoms with Crippen molar-refractivity contribution in [1.29, 1.82) is 0 Å². The Bertz CT molecular complexity index is 467. The Morgan fingerprint density at radius 3 is 2.39 bits per heavy atom. The van der Waals surface area contributed by atoms with E-state index in [2.05, 4.69) is 4.98 Å². The summed E-state index contributed by atoms with van der Waals surface area (Å²) in [6.45, 7) is 1.37. The van der Waals surface area contributed by atoms with Gasteiger partial charge >= 0.3 is 6.18 Å². The van der Waals surface area contributed by atoms with E-state index in [9.17, 15) is 13.2 Å². The lowest BCUT2D eigenvalue weighted by atomic mass is 10.2. The molecule has 0 bridgehead atoms. The number of thiocarbonyl (C=S) groups is 1. The summed E-state index contributed by atoms with van der Waals surface area (Å²) in [5.74, 6) is 0.245. The molecule has 0 unspecified atom stereocenters. The summed E-state index contributed by atoms with van der Waals surface area (Å²) in [5.41, 5.74) is 5.01. The molecular weight excluding hydrogens is 263 g/mol. The van der Waals surface area contributed by atoms with Gasteiger partial charge in [-0.15, -0.1) is 0 Å². The molecule has 1 aliphatic heterocycles. The van der Waals surface area contributed by atoms with Crippen molar-refractivity contribution in [1.82, 2.24) is 4.98 Å². The Hall–Kier alpha value is -1.37. The first-order valence-electron chi connectivity index (χ1n) is 5.52. The quantitative estimate of drug-likeness (QED) is 0.841. The number of hydrogen-bond donors (Lipinski definition) is 1. The highest BCUT2D eigenvalue weighted by atomic mass is 32.1. The third-order valence-corrected chi connectivity index (χ3v) is 3.06. The maximum Gasteiger partial charge on any atom is 0.433 e. The van der Waals surface area contributed by atoms with E-state index in [-0.39, 0.29) is 10.8 Å². The first-order valence-corrected chi connectivity index (χ1v) is 5.93. The van der Waals surface area contributed by atoms with Crippen molar-refractivity contribution in [2.75, 3.05) is 18.0 Å². The molecule has 3 nitrogen and oxygen atoms in total. The second-order valence-corrected chi connectivity index (χ2v) is 4.56. The van der Waals surface area contributed by atoms with Gasteiger partial charge in [-0.1, -0.05) is 12.2 Å². The predicted molar refractivity (Wildman–Crippen MR) is 66.6 cm³/mol. The van der Waals surface area contributed by atoms with Crippen molar-refractivity contribution in [2.45, 2.75) is 19.0 Å². The van der Waals surface area contributed by atoms with Crippen LogP contribution in [-0.4, -0.2) is 23.1 Å². The largest absolute Gasteiger partial charge is 0.433 e. The van der Waals surface area contributed by atoms with Crippen LogP contribution in [0.4, 0.5) is 19.0 Å². The Morgan fingerprint density at radius 1 is 1.28 bits per heavy atom. The van der Waals surface area contributed by atoms with Gasteiger partial charge in [0.15, 0.2) is 0 Å². The average molecular weight is 275 g/mol. The second-order valence-electron chi connectivity index (χ2n) is 4.12. The first kappa shape index (κ1) is 13.1. The van der Waals surface area contributed by atoms with E-state index in [1.165, 1.54) is 6.07 Å². The molecule has 0 saturated carbocycles. The Kier molecular flexibility index (Phi) is 3.43. The Balaban J connectivity index is 2.47. The smallest absolute Gasteiger partial charge is 0.389 e. The lowest BCUT2D eigenvalue weighted by Crippen LogP contribution is -2.25. The van der Waals surface area contributed by atoms with Gasteiger partial charge in [-0.05, 0) is 25.0 Å². The normalized spacial score (nSPS) is 16.1. The zero-order chi connectivity index (χ0) is 13.3. The minimum Gasteiger partial charge on any atom is -0.389 e. The van der Waals surface area contributed by atoms with Crippen LogP contribution in [0.5, 0.6) is 0 Å². The average Bonchev–Trinajstić information content (AvgIpc) is 2.80. The second kappa shape index (κ2) is 4.72. The molecule has 2 rings (SSSR count). The highest BCUT2D eigenvalue weighted by Gasteiger charge is 2.34. The van der Waals surface area contributed by atoms with E-state index in [1.807, 2.05) is 0 Å². The monoisotopic (exact) mass is 275 g/mol. The summed E-state index contributed by atoms with van der Waals surface area (Å²) in [7, 11) is 0. The molecular formula is C11H12F3N3S. The molecule has 0 aromatic carbocycles. The summed E-state index contributed by atoms with van der Waals surface area (Å²) in [6, 6.07) is 2.21. The van der Waals surface area contributed by atoms with Gasteiger partial charge in [0.05, 0.1) is 5.56 Å².